The Bertz CT molecular complexity index is 1840. The summed E-state index contributed by atoms with van der Waals surface area (Å²) < 4.78 is 3.18. The molecule has 0 saturated heterocycles. The van der Waals surface area contributed by atoms with Gasteiger partial charge in [-0.2, -0.15) is 11.3 Å². The number of nitrogens with zero attached hydrogens (tertiary/aromatic N) is 1. The summed E-state index contributed by atoms with van der Waals surface area (Å²) in [7, 11) is -1.75. The molecule has 1 fully saturated rings. The minimum absolute atomic E-state index is 0. The Hall–Kier alpha value is -2.11. The van der Waals surface area contributed by atoms with Crippen molar-refractivity contribution in [3.63, 3.8) is 0 Å². The van der Waals surface area contributed by atoms with Gasteiger partial charge < -0.3 is 5.11 Å². The summed E-state index contributed by atoms with van der Waals surface area (Å²) in [5.41, 5.74) is 6.18. The van der Waals surface area contributed by atoms with Crippen molar-refractivity contribution in [2.75, 3.05) is 0 Å². The molecule has 2 aromatic heterocycles. The van der Waals surface area contributed by atoms with E-state index in [0.29, 0.717) is 0 Å². The number of ketones is 1. The molecule has 1 aliphatic rings. The fourth-order valence-corrected chi connectivity index (χ4v) is 19.5. The van der Waals surface area contributed by atoms with Gasteiger partial charge in [-0.3, -0.25) is 9.78 Å². The van der Waals surface area contributed by atoms with Gasteiger partial charge in [0.15, 0.2) is 5.78 Å². The van der Waals surface area contributed by atoms with Gasteiger partial charge in [-0.25, -0.2) is 0 Å². The number of benzene rings is 2. The summed E-state index contributed by atoms with van der Waals surface area (Å²) in [5.74, 6) is 2.02. The van der Waals surface area contributed by atoms with Crippen molar-refractivity contribution in [1.82, 2.24) is 4.98 Å². The number of aromatic nitrogens is 1. The Morgan fingerprint density at radius 3 is 2.04 bits per heavy atom. The van der Waals surface area contributed by atoms with Crippen molar-refractivity contribution in [3.8, 4) is 11.3 Å². The van der Waals surface area contributed by atoms with E-state index in [2.05, 4.69) is 115 Å². The van der Waals surface area contributed by atoms with Crippen molar-refractivity contribution in [2.24, 2.45) is 23.7 Å². The standard InChI is InChI=1S/C36H48NSSi.C13H24O2.Ir/c1-24(2)22-39(23-25(3)4,29-15-10-9-11-16-29)35-26(5)30-18-19-37-33(34(30)38-35)28-20-27-14-12-13-17-31(27)32(21-28)36(6,7)8;1-5-10(6-2)12(14)9-13(15)11(7-3)8-4;/h12-14,17-19,21,24-25,29H,9-11,15-16,22-23H2,1-8H3;9-11,14H,5-8H2,1-4H3;/q-1;;/b;12-9-;. The number of hydrogen-bond acceptors (Lipinski definition) is 4. The van der Waals surface area contributed by atoms with Crippen molar-refractivity contribution in [2.45, 2.75) is 164 Å². The van der Waals surface area contributed by atoms with Gasteiger partial charge in [0.2, 0.25) is 0 Å². The second-order valence-electron chi connectivity index (χ2n) is 18.2. The summed E-state index contributed by atoms with van der Waals surface area (Å²) in [6.07, 6.45) is 14.1. The molecule has 0 aliphatic heterocycles. The fourth-order valence-electron chi connectivity index (χ4n) is 9.47. The van der Waals surface area contributed by atoms with Crippen LogP contribution in [0, 0.1) is 36.7 Å². The molecule has 1 aliphatic carbocycles. The van der Waals surface area contributed by atoms with Crippen molar-refractivity contribution in [1.29, 1.82) is 0 Å². The van der Waals surface area contributed by atoms with Crippen LogP contribution in [0.25, 0.3) is 32.1 Å². The smallest absolute Gasteiger partial charge is 0.162 e. The van der Waals surface area contributed by atoms with Gasteiger partial charge in [0.1, 0.15) is 8.07 Å². The van der Waals surface area contributed by atoms with E-state index in [-0.39, 0.29) is 48.9 Å². The SMILES string of the molecule is CCC(CC)C(=O)/C=C(\O)C(CC)CC.Cc1c([Si](CC(C)C)(CC(C)C)C2CCCCC2)sc2c(-c3[c-]c4ccccc4c(C(C)(C)C)c3)nccc12.[Ir]. The molecule has 1 radical (unpaired) electrons. The molecule has 0 spiro atoms. The van der Waals surface area contributed by atoms with Gasteiger partial charge in [0.25, 0.3) is 0 Å². The molecule has 6 heteroatoms. The average Bonchev–Trinajstić information content (AvgIpc) is 3.48. The van der Waals surface area contributed by atoms with Gasteiger partial charge in [0, 0.05) is 54.6 Å². The first kappa shape index (κ1) is 47.3. The Kier molecular flexibility index (Phi) is 18.1. The van der Waals surface area contributed by atoms with E-state index in [1.54, 1.807) is 10.1 Å². The molecule has 0 atom stereocenters. The van der Waals surface area contributed by atoms with Crippen LogP contribution >= 0.6 is 11.3 Å². The van der Waals surface area contributed by atoms with Crippen molar-refractivity contribution < 1.29 is 30.0 Å². The van der Waals surface area contributed by atoms with Crippen LogP contribution in [0.5, 0.6) is 0 Å². The maximum atomic E-state index is 11.7. The number of rotatable bonds is 14. The summed E-state index contributed by atoms with van der Waals surface area (Å²) in [4.78, 5) is 16.8. The maximum absolute atomic E-state index is 11.7. The van der Waals surface area contributed by atoms with E-state index in [1.165, 1.54) is 76.7 Å². The molecular formula is C49H72IrNO2SSi-. The monoisotopic (exact) mass is 959 g/mol. The van der Waals surface area contributed by atoms with Crippen LogP contribution in [0.3, 0.4) is 0 Å². The van der Waals surface area contributed by atoms with Crippen LogP contribution in [0.4, 0.5) is 0 Å². The number of aliphatic hydroxyl groups is 1. The van der Waals surface area contributed by atoms with E-state index in [9.17, 15) is 9.90 Å². The minimum atomic E-state index is -1.75. The maximum Gasteiger partial charge on any atom is 0.162 e. The average molecular weight is 959 g/mol. The number of pyridine rings is 1. The Morgan fingerprint density at radius 2 is 1.49 bits per heavy atom. The molecular weight excluding hydrogens is 887 g/mol. The second-order valence-corrected chi connectivity index (χ2v) is 24.0. The molecule has 0 amide bonds. The Labute approximate surface area is 354 Å². The van der Waals surface area contributed by atoms with Crippen LogP contribution in [0.15, 0.2) is 54.4 Å². The molecule has 2 heterocycles. The zero-order valence-corrected chi connectivity index (χ0v) is 40.5. The Morgan fingerprint density at radius 1 is 0.909 bits per heavy atom. The molecule has 1 N–H and O–H groups in total. The van der Waals surface area contributed by atoms with Crippen LogP contribution in [-0.4, -0.2) is 23.9 Å². The molecule has 3 nitrogen and oxygen atoms in total. The minimum Gasteiger partial charge on any atom is -0.512 e. The number of fused-ring (bicyclic) bond motifs is 2. The van der Waals surface area contributed by atoms with E-state index in [0.717, 1.165) is 54.3 Å². The van der Waals surface area contributed by atoms with Crippen LogP contribution < -0.4 is 4.50 Å². The topological polar surface area (TPSA) is 50.2 Å². The number of carbonyl (C=O) groups excluding carboxylic acids is 1. The number of aliphatic hydroxyl groups excluding tert-OH is 1. The number of hydrogen-bond donors (Lipinski definition) is 1. The predicted molar refractivity (Wildman–Crippen MR) is 240 cm³/mol. The first-order valence-electron chi connectivity index (χ1n) is 21.4. The van der Waals surface area contributed by atoms with Gasteiger partial charge >= 0.3 is 0 Å². The number of aryl methyl sites for hydroxylation is 1. The molecule has 2 aromatic carbocycles. The summed E-state index contributed by atoms with van der Waals surface area (Å²) in [6, 6.07) is 20.1. The second kappa shape index (κ2) is 21.1. The third kappa shape index (κ3) is 11.3. The number of thiophene rings is 1. The van der Waals surface area contributed by atoms with Gasteiger partial charge in [-0.05, 0) is 89.0 Å². The molecule has 55 heavy (non-hydrogen) atoms. The number of allylic oxidation sites excluding steroid dienone is 2. The summed E-state index contributed by atoms with van der Waals surface area (Å²) >= 11 is 2.13. The van der Waals surface area contributed by atoms with Gasteiger partial charge in [-0.15, -0.1) is 29.1 Å². The van der Waals surface area contributed by atoms with Gasteiger partial charge in [-0.1, -0.05) is 137 Å². The van der Waals surface area contributed by atoms with Crippen LogP contribution in [-0.2, 0) is 30.3 Å². The molecule has 5 rings (SSSR count). The van der Waals surface area contributed by atoms with Crippen LogP contribution in [0.1, 0.15) is 145 Å². The van der Waals surface area contributed by atoms with Gasteiger partial charge in [0.05, 0.1) is 5.76 Å². The van der Waals surface area contributed by atoms with Crippen molar-refractivity contribution >= 4 is 50.6 Å². The van der Waals surface area contributed by atoms with E-state index >= 15 is 0 Å². The first-order chi connectivity index (χ1) is 25.6. The zero-order chi connectivity index (χ0) is 39.8. The largest absolute Gasteiger partial charge is 0.512 e. The Balaban J connectivity index is 0.000000433. The first-order valence-corrected chi connectivity index (χ1v) is 24.7. The molecule has 305 valence electrons. The molecule has 0 unspecified atom stereocenters. The summed E-state index contributed by atoms with van der Waals surface area (Å²) in [5, 5.41) is 13.7. The third-order valence-electron chi connectivity index (χ3n) is 12.2. The molecule has 0 bridgehead atoms. The quantitative estimate of drug-likeness (QED) is 0.0593. The van der Waals surface area contributed by atoms with E-state index in [1.807, 2.05) is 27.7 Å². The van der Waals surface area contributed by atoms with E-state index in [4.69, 9.17) is 4.98 Å². The number of carbonyl (C=O) groups is 1. The third-order valence-corrected chi connectivity index (χ3v) is 21.3. The van der Waals surface area contributed by atoms with E-state index < -0.39 is 8.07 Å². The van der Waals surface area contributed by atoms with Crippen LogP contribution in [0.2, 0.25) is 17.6 Å². The predicted octanol–water partition coefficient (Wildman–Crippen LogP) is 14.7. The molecule has 1 saturated carbocycles. The normalized spacial score (nSPS) is 14.6. The zero-order valence-electron chi connectivity index (χ0n) is 36.3. The molecule has 4 aromatic rings. The van der Waals surface area contributed by atoms with Crippen molar-refractivity contribution in [3.05, 3.63) is 71.6 Å². The fraction of sp³-hybridized carbons (Fsp3) is 0.592. The summed E-state index contributed by atoms with van der Waals surface area (Å²) in [6.45, 7) is 27.4.